The largest absolute Gasteiger partial charge is 0.476 e. The molecule has 0 saturated heterocycles. The summed E-state index contributed by atoms with van der Waals surface area (Å²) in [4.78, 5) is 10.7. The Hall–Kier alpha value is -2.35. The van der Waals surface area contributed by atoms with E-state index in [-0.39, 0.29) is 11.5 Å². The van der Waals surface area contributed by atoms with Gasteiger partial charge in [0.25, 0.3) is 0 Å². The lowest BCUT2D eigenvalue weighted by Gasteiger charge is -2.04. The normalized spacial score (nSPS) is 11.2. The van der Waals surface area contributed by atoms with Crippen molar-refractivity contribution >= 4 is 21.7 Å². The van der Waals surface area contributed by atoms with Crippen LogP contribution >= 0.6 is 0 Å². The maximum absolute atomic E-state index is 11.1. The first kappa shape index (κ1) is 13.1. The highest BCUT2D eigenvalue weighted by atomic mass is 32.2. The monoisotopic (exact) mass is 282 g/mol. The predicted molar refractivity (Wildman–Crippen MR) is 67.4 cm³/mol. The smallest absolute Gasteiger partial charge is 0.358 e. The van der Waals surface area contributed by atoms with E-state index >= 15 is 0 Å². The number of benzene rings is 1. The van der Waals surface area contributed by atoms with Gasteiger partial charge in [0, 0.05) is 17.3 Å². The van der Waals surface area contributed by atoms with Crippen molar-refractivity contribution in [2.45, 2.75) is 0 Å². The molecule has 0 atom stereocenters. The van der Waals surface area contributed by atoms with Crippen molar-refractivity contribution in [2.75, 3.05) is 11.0 Å². The van der Waals surface area contributed by atoms with Crippen LogP contribution in [0.4, 0.5) is 5.69 Å². The number of hydrogen-bond donors (Lipinski definition) is 2. The topological polar surface area (TPSA) is 110 Å². The van der Waals surface area contributed by atoms with Crippen molar-refractivity contribution in [1.29, 1.82) is 0 Å². The Bertz CT molecular complexity index is 720. The van der Waals surface area contributed by atoms with Gasteiger partial charge >= 0.3 is 5.97 Å². The van der Waals surface area contributed by atoms with Crippen molar-refractivity contribution in [2.24, 2.45) is 0 Å². The van der Waals surface area contributed by atoms with Crippen LogP contribution in [0.2, 0.25) is 0 Å². The minimum absolute atomic E-state index is 0.212. The molecule has 7 nitrogen and oxygen atoms in total. The Morgan fingerprint density at radius 3 is 2.68 bits per heavy atom. The average Bonchev–Trinajstić information content (AvgIpc) is 2.76. The number of aromatic carboxylic acids is 1. The highest BCUT2D eigenvalue weighted by molar-refractivity contribution is 7.92. The molecule has 0 unspecified atom stereocenters. The molecule has 0 fully saturated rings. The third kappa shape index (κ3) is 3.32. The summed E-state index contributed by atoms with van der Waals surface area (Å²) in [7, 11) is -3.37. The van der Waals surface area contributed by atoms with Crippen molar-refractivity contribution in [1.82, 2.24) is 5.16 Å². The molecule has 1 aromatic heterocycles. The minimum Gasteiger partial charge on any atom is -0.476 e. The number of hydrogen-bond acceptors (Lipinski definition) is 5. The van der Waals surface area contributed by atoms with E-state index in [0.29, 0.717) is 11.3 Å². The predicted octanol–water partition coefficient (Wildman–Crippen LogP) is 1.41. The molecule has 0 saturated carbocycles. The molecule has 0 spiro atoms. The van der Waals surface area contributed by atoms with Gasteiger partial charge in [0.2, 0.25) is 10.0 Å². The number of carbonyl (C=O) groups is 1. The van der Waals surface area contributed by atoms with E-state index in [2.05, 4.69) is 9.88 Å². The van der Waals surface area contributed by atoms with Crippen molar-refractivity contribution in [3.05, 3.63) is 36.0 Å². The zero-order valence-corrected chi connectivity index (χ0v) is 10.6. The van der Waals surface area contributed by atoms with Crippen molar-refractivity contribution in [3.63, 3.8) is 0 Å². The number of carboxylic acids is 1. The van der Waals surface area contributed by atoms with Crippen LogP contribution in [0.1, 0.15) is 10.5 Å². The molecule has 2 aromatic rings. The fourth-order valence-corrected chi connectivity index (χ4v) is 2.02. The van der Waals surface area contributed by atoms with Crippen LogP contribution < -0.4 is 4.72 Å². The molecule has 0 aliphatic heterocycles. The highest BCUT2D eigenvalue weighted by Gasteiger charge is 2.12. The number of anilines is 1. The molecule has 0 aliphatic rings. The minimum atomic E-state index is -3.37. The number of nitrogens with one attached hydrogen (secondary N) is 1. The van der Waals surface area contributed by atoms with Gasteiger partial charge in [-0.15, -0.1) is 0 Å². The molecule has 1 heterocycles. The molecule has 8 heteroatoms. The summed E-state index contributed by atoms with van der Waals surface area (Å²) in [6.07, 6.45) is 1.04. The van der Waals surface area contributed by atoms with Crippen LogP contribution in [0.5, 0.6) is 0 Å². The van der Waals surface area contributed by atoms with Gasteiger partial charge in [-0.05, 0) is 12.1 Å². The number of aromatic nitrogens is 1. The van der Waals surface area contributed by atoms with Crippen LogP contribution in [-0.4, -0.2) is 30.9 Å². The summed E-state index contributed by atoms with van der Waals surface area (Å²) < 4.78 is 29.4. The Balaban J connectivity index is 2.34. The molecule has 0 bridgehead atoms. The maximum atomic E-state index is 11.1. The molecule has 2 rings (SSSR count). The molecule has 100 valence electrons. The fourth-order valence-electron chi connectivity index (χ4n) is 1.46. The summed E-state index contributed by atoms with van der Waals surface area (Å²) in [5, 5.41) is 12.1. The lowest BCUT2D eigenvalue weighted by Crippen LogP contribution is -2.09. The second-order valence-corrected chi connectivity index (χ2v) is 5.59. The fraction of sp³-hybridized carbons (Fsp3) is 0.0909. The Morgan fingerprint density at radius 1 is 1.37 bits per heavy atom. The van der Waals surface area contributed by atoms with E-state index in [0.717, 1.165) is 6.26 Å². The van der Waals surface area contributed by atoms with E-state index in [1.807, 2.05) is 0 Å². The third-order valence-electron chi connectivity index (χ3n) is 2.18. The van der Waals surface area contributed by atoms with Crippen LogP contribution in [0.3, 0.4) is 0 Å². The molecule has 1 aromatic carbocycles. The van der Waals surface area contributed by atoms with E-state index < -0.39 is 16.0 Å². The molecule has 0 aliphatic carbocycles. The van der Waals surface area contributed by atoms with E-state index in [1.165, 1.54) is 12.1 Å². The molecular formula is C11H10N2O5S. The van der Waals surface area contributed by atoms with Gasteiger partial charge in [0.05, 0.1) is 6.26 Å². The quantitative estimate of drug-likeness (QED) is 0.877. The second kappa shape index (κ2) is 4.73. The Labute approximate surface area is 108 Å². The van der Waals surface area contributed by atoms with E-state index in [1.54, 1.807) is 18.2 Å². The van der Waals surface area contributed by atoms with Crippen LogP contribution in [-0.2, 0) is 10.0 Å². The van der Waals surface area contributed by atoms with Crippen LogP contribution in [0, 0.1) is 0 Å². The summed E-state index contributed by atoms with van der Waals surface area (Å²) >= 11 is 0. The molecule has 0 amide bonds. The first-order chi connectivity index (χ1) is 8.85. The van der Waals surface area contributed by atoms with Crippen molar-refractivity contribution in [3.8, 4) is 11.3 Å². The van der Waals surface area contributed by atoms with Crippen LogP contribution in [0.15, 0.2) is 34.9 Å². The zero-order chi connectivity index (χ0) is 14.0. The van der Waals surface area contributed by atoms with Gasteiger partial charge in [-0.2, -0.15) is 0 Å². The summed E-state index contributed by atoms with van der Waals surface area (Å²) in [6, 6.07) is 7.62. The van der Waals surface area contributed by atoms with Gasteiger partial charge in [-0.3, -0.25) is 4.72 Å². The van der Waals surface area contributed by atoms with Gasteiger partial charge in [0.1, 0.15) is 0 Å². The van der Waals surface area contributed by atoms with Gasteiger partial charge in [-0.25, -0.2) is 13.2 Å². The van der Waals surface area contributed by atoms with Gasteiger partial charge in [0.15, 0.2) is 11.5 Å². The molecule has 0 radical (unpaired) electrons. The standard InChI is InChI=1S/C11H10N2O5S/c1-19(16,17)13-8-4-2-3-7(5-8)10-6-9(11(14)15)12-18-10/h2-6,13H,1H3,(H,14,15). The lowest BCUT2D eigenvalue weighted by atomic mass is 10.1. The Morgan fingerprint density at radius 2 is 2.11 bits per heavy atom. The van der Waals surface area contributed by atoms with Crippen LogP contribution in [0.25, 0.3) is 11.3 Å². The summed E-state index contributed by atoms with van der Waals surface area (Å²) in [6.45, 7) is 0. The van der Waals surface area contributed by atoms with Crippen molar-refractivity contribution < 1.29 is 22.8 Å². The number of rotatable bonds is 4. The van der Waals surface area contributed by atoms with E-state index in [4.69, 9.17) is 9.63 Å². The molecule has 19 heavy (non-hydrogen) atoms. The average molecular weight is 282 g/mol. The summed E-state index contributed by atoms with van der Waals surface area (Å²) in [5.41, 5.74) is 0.665. The third-order valence-corrected chi connectivity index (χ3v) is 2.79. The maximum Gasteiger partial charge on any atom is 0.358 e. The zero-order valence-electron chi connectivity index (χ0n) is 9.82. The lowest BCUT2D eigenvalue weighted by molar-refractivity contribution is 0.0686. The first-order valence-corrected chi connectivity index (χ1v) is 7.02. The SMILES string of the molecule is CS(=O)(=O)Nc1cccc(-c2cc(C(=O)O)no2)c1. The number of sulfonamides is 1. The highest BCUT2D eigenvalue weighted by Crippen LogP contribution is 2.23. The molecule has 2 N–H and O–H groups in total. The van der Waals surface area contributed by atoms with Gasteiger partial charge < -0.3 is 9.63 Å². The Kier molecular flexibility index (Phi) is 3.26. The summed E-state index contributed by atoms with van der Waals surface area (Å²) in [5.74, 6) is -0.949. The number of carboxylic acid groups (broad SMARTS) is 1. The molecular weight excluding hydrogens is 272 g/mol. The van der Waals surface area contributed by atoms with Gasteiger partial charge in [-0.1, -0.05) is 17.3 Å². The second-order valence-electron chi connectivity index (χ2n) is 3.84. The number of nitrogens with zero attached hydrogens (tertiary/aromatic N) is 1. The van der Waals surface area contributed by atoms with E-state index in [9.17, 15) is 13.2 Å². The first-order valence-electron chi connectivity index (χ1n) is 5.13.